The van der Waals surface area contributed by atoms with Gasteiger partial charge in [-0.25, -0.2) is 4.79 Å². The van der Waals surface area contributed by atoms with Crippen LogP contribution in [-0.2, 0) is 0 Å². The van der Waals surface area contributed by atoms with Crippen LogP contribution in [0.5, 0.6) is 5.75 Å². The SMILES string of the molecule is CNCC[C@@H](Oc1ccccc1C(=O)O)c1ccccc1. The highest BCUT2D eigenvalue weighted by atomic mass is 16.5. The number of benzene rings is 2. The summed E-state index contributed by atoms with van der Waals surface area (Å²) in [6.45, 7) is 0.787. The van der Waals surface area contributed by atoms with E-state index in [4.69, 9.17) is 4.74 Å². The van der Waals surface area contributed by atoms with E-state index in [1.54, 1.807) is 24.3 Å². The molecule has 1 atom stereocenters. The highest BCUT2D eigenvalue weighted by Gasteiger charge is 2.17. The molecule has 0 unspecified atom stereocenters. The first kappa shape index (κ1) is 15.1. The Balaban J connectivity index is 2.25. The summed E-state index contributed by atoms with van der Waals surface area (Å²) in [5, 5.41) is 12.3. The first-order valence-electron chi connectivity index (χ1n) is 6.91. The zero-order valence-corrected chi connectivity index (χ0v) is 12.0. The number of para-hydroxylation sites is 1. The molecule has 0 fully saturated rings. The average Bonchev–Trinajstić information content (AvgIpc) is 2.52. The van der Waals surface area contributed by atoms with Crippen LogP contribution in [0.25, 0.3) is 0 Å². The summed E-state index contributed by atoms with van der Waals surface area (Å²) in [7, 11) is 1.88. The summed E-state index contributed by atoms with van der Waals surface area (Å²) in [6, 6.07) is 16.6. The summed E-state index contributed by atoms with van der Waals surface area (Å²) < 4.78 is 5.97. The molecule has 0 aliphatic rings. The van der Waals surface area contributed by atoms with Crippen molar-refractivity contribution in [3.63, 3.8) is 0 Å². The number of carbonyl (C=O) groups is 1. The van der Waals surface area contributed by atoms with E-state index < -0.39 is 5.97 Å². The van der Waals surface area contributed by atoms with Crippen molar-refractivity contribution in [3.8, 4) is 5.75 Å². The Morgan fingerprint density at radius 2 is 1.81 bits per heavy atom. The number of hydrogen-bond donors (Lipinski definition) is 2. The quantitative estimate of drug-likeness (QED) is 0.820. The molecule has 0 heterocycles. The fraction of sp³-hybridized carbons (Fsp3) is 0.235. The van der Waals surface area contributed by atoms with Gasteiger partial charge in [0.2, 0.25) is 0 Å². The Bertz CT molecular complexity index is 584. The number of hydrogen-bond acceptors (Lipinski definition) is 3. The number of aromatic carboxylic acids is 1. The first-order valence-corrected chi connectivity index (χ1v) is 6.91. The molecule has 0 radical (unpaired) electrons. The van der Waals surface area contributed by atoms with Crippen molar-refractivity contribution in [1.82, 2.24) is 5.32 Å². The van der Waals surface area contributed by atoms with Gasteiger partial charge < -0.3 is 15.2 Å². The van der Waals surface area contributed by atoms with E-state index in [2.05, 4.69) is 5.32 Å². The van der Waals surface area contributed by atoms with Crippen LogP contribution in [0.4, 0.5) is 0 Å². The second-order valence-electron chi connectivity index (χ2n) is 4.71. The molecule has 0 aliphatic heterocycles. The van der Waals surface area contributed by atoms with Gasteiger partial charge in [0.05, 0.1) is 0 Å². The minimum absolute atomic E-state index is 0.181. The van der Waals surface area contributed by atoms with Crippen LogP contribution >= 0.6 is 0 Å². The minimum Gasteiger partial charge on any atom is -0.485 e. The molecule has 2 aromatic rings. The van der Waals surface area contributed by atoms with Crippen LogP contribution < -0.4 is 10.1 Å². The standard InChI is InChI=1S/C17H19NO3/c1-18-12-11-15(13-7-3-2-4-8-13)21-16-10-6-5-9-14(16)17(19)20/h2-10,15,18H,11-12H2,1H3,(H,19,20)/t15-/m1/s1. The lowest BCUT2D eigenvalue weighted by atomic mass is 10.1. The maximum absolute atomic E-state index is 11.3. The number of rotatable bonds is 7. The van der Waals surface area contributed by atoms with Gasteiger partial charge in [0.25, 0.3) is 0 Å². The van der Waals surface area contributed by atoms with Gasteiger partial charge in [-0.05, 0) is 31.3 Å². The van der Waals surface area contributed by atoms with E-state index in [0.29, 0.717) is 5.75 Å². The van der Waals surface area contributed by atoms with E-state index in [-0.39, 0.29) is 11.7 Å². The molecular formula is C17H19NO3. The van der Waals surface area contributed by atoms with Gasteiger partial charge in [-0.1, -0.05) is 42.5 Å². The molecule has 110 valence electrons. The van der Waals surface area contributed by atoms with Crippen LogP contribution in [0.2, 0.25) is 0 Å². The third-order valence-corrected chi connectivity index (χ3v) is 3.21. The molecule has 0 saturated heterocycles. The molecule has 2 rings (SSSR count). The fourth-order valence-corrected chi connectivity index (χ4v) is 2.14. The van der Waals surface area contributed by atoms with Crippen molar-refractivity contribution in [2.24, 2.45) is 0 Å². The largest absolute Gasteiger partial charge is 0.485 e. The van der Waals surface area contributed by atoms with Crippen molar-refractivity contribution in [2.75, 3.05) is 13.6 Å². The van der Waals surface area contributed by atoms with Gasteiger partial charge in [0.1, 0.15) is 17.4 Å². The van der Waals surface area contributed by atoms with E-state index in [1.165, 1.54) is 0 Å². The Kier molecular flexibility index (Phi) is 5.35. The smallest absolute Gasteiger partial charge is 0.339 e. The highest BCUT2D eigenvalue weighted by molar-refractivity contribution is 5.90. The number of nitrogens with one attached hydrogen (secondary N) is 1. The summed E-state index contributed by atoms with van der Waals surface area (Å²) in [5.41, 5.74) is 1.22. The molecule has 0 amide bonds. The molecule has 0 spiro atoms. The summed E-state index contributed by atoms with van der Waals surface area (Å²) in [6.07, 6.45) is 0.577. The number of carboxylic acid groups (broad SMARTS) is 1. The second kappa shape index (κ2) is 7.45. The van der Waals surface area contributed by atoms with Crippen LogP contribution in [-0.4, -0.2) is 24.7 Å². The van der Waals surface area contributed by atoms with Gasteiger partial charge in [0.15, 0.2) is 0 Å². The molecule has 0 saturated carbocycles. The van der Waals surface area contributed by atoms with Crippen molar-refractivity contribution in [1.29, 1.82) is 0 Å². The van der Waals surface area contributed by atoms with E-state index in [1.807, 2.05) is 37.4 Å². The first-order chi connectivity index (χ1) is 10.2. The van der Waals surface area contributed by atoms with Crippen molar-refractivity contribution < 1.29 is 14.6 Å². The van der Waals surface area contributed by atoms with E-state index in [0.717, 1.165) is 18.5 Å². The normalized spacial score (nSPS) is 11.9. The monoisotopic (exact) mass is 285 g/mol. The highest BCUT2D eigenvalue weighted by Crippen LogP contribution is 2.27. The summed E-state index contributed by atoms with van der Waals surface area (Å²) in [4.78, 5) is 11.3. The fourth-order valence-electron chi connectivity index (χ4n) is 2.14. The van der Waals surface area contributed by atoms with Crippen molar-refractivity contribution in [3.05, 3.63) is 65.7 Å². The van der Waals surface area contributed by atoms with Crippen molar-refractivity contribution >= 4 is 5.97 Å². The maximum atomic E-state index is 11.3. The number of ether oxygens (including phenoxy) is 1. The van der Waals surface area contributed by atoms with Crippen LogP contribution in [0.1, 0.15) is 28.4 Å². The van der Waals surface area contributed by atoms with Crippen molar-refractivity contribution in [2.45, 2.75) is 12.5 Å². The molecule has 0 bridgehead atoms. The van der Waals surface area contributed by atoms with E-state index in [9.17, 15) is 9.90 Å². The predicted molar refractivity (Wildman–Crippen MR) is 81.8 cm³/mol. The van der Waals surface area contributed by atoms with E-state index >= 15 is 0 Å². The van der Waals surface area contributed by atoms with Crippen LogP contribution in [0, 0.1) is 0 Å². The molecular weight excluding hydrogens is 266 g/mol. The molecule has 2 N–H and O–H groups in total. The third kappa shape index (κ3) is 4.07. The van der Waals surface area contributed by atoms with Gasteiger partial charge in [-0.3, -0.25) is 0 Å². The lowest BCUT2D eigenvalue weighted by Gasteiger charge is -2.20. The lowest BCUT2D eigenvalue weighted by molar-refractivity contribution is 0.0688. The zero-order valence-electron chi connectivity index (χ0n) is 12.0. The minimum atomic E-state index is -0.981. The van der Waals surface area contributed by atoms with Crippen LogP contribution in [0.3, 0.4) is 0 Å². The Morgan fingerprint density at radius 1 is 1.14 bits per heavy atom. The van der Waals surface area contributed by atoms with Gasteiger partial charge in [0, 0.05) is 6.42 Å². The Morgan fingerprint density at radius 3 is 2.48 bits per heavy atom. The molecule has 2 aromatic carbocycles. The second-order valence-corrected chi connectivity index (χ2v) is 4.71. The molecule has 4 heteroatoms. The molecule has 21 heavy (non-hydrogen) atoms. The molecule has 0 aliphatic carbocycles. The topological polar surface area (TPSA) is 58.6 Å². The van der Waals surface area contributed by atoms with Gasteiger partial charge in [-0.2, -0.15) is 0 Å². The Labute approximate surface area is 124 Å². The average molecular weight is 285 g/mol. The zero-order chi connectivity index (χ0) is 15.1. The van der Waals surface area contributed by atoms with Crippen LogP contribution in [0.15, 0.2) is 54.6 Å². The van der Waals surface area contributed by atoms with Gasteiger partial charge in [-0.15, -0.1) is 0 Å². The summed E-state index contributed by atoms with van der Waals surface area (Å²) in [5.74, 6) is -0.582. The maximum Gasteiger partial charge on any atom is 0.339 e. The van der Waals surface area contributed by atoms with Gasteiger partial charge >= 0.3 is 5.97 Å². The third-order valence-electron chi connectivity index (χ3n) is 3.21. The number of carboxylic acids is 1. The Hall–Kier alpha value is -2.33. The molecule has 4 nitrogen and oxygen atoms in total. The summed E-state index contributed by atoms with van der Waals surface area (Å²) >= 11 is 0. The lowest BCUT2D eigenvalue weighted by Crippen LogP contribution is -2.17. The predicted octanol–water partition coefficient (Wildman–Crippen LogP) is 3.11. The molecule has 0 aromatic heterocycles.